The van der Waals surface area contributed by atoms with Crippen molar-refractivity contribution >= 4 is 17.6 Å². The maximum atomic E-state index is 12.9. The summed E-state index contributed by atoms with van der Waals surface area (Å²) < 4.78 is 50.8. The molecule has 6 nitrogen and oxygen atoms in total. The number of alkyl halides is 3. The fourth-order valence-electron chi connectivity index (χ4n) is 2.96. The van der Waals surface area contributed by atoms with E-state index in [4.69, 9.17) is 0 Å². The number of halogens is 4. The fraction of sp³-hybridized carbons (Fsp3) is 0.316. The molecule has 1 aromatic heterocycles. The van der Waals surface area contributed by atoms with Gasteiger partial charge in [-0.15, -0.1) is 0 Å². The second kappa shape index (κ2) is 8.46. The number of nitrogens with zero attached hydrogens (tertiary/aromatic N) is 2. The molecule has 29 heavy (non-hydrogen) atoms. The summed E-state index contributed by atoms with van der Waals surface area (Å²) in [5, 5.41) is 2.50. The SMILES string of the molecule is O=C(NCC(=O)N1CCN(c2ccc(C(F)(F)F)c[nH+]2)CC1)c1ccc(F)cc1. The molecule has 3 rings (SSSR count). The number of aromatic nitrogens is 1. The summed E-state index contributed by atoms with van der Waals surface area (Å²) >= 11 is 0. The van der Waals surface area contributed by atoms with Gasteiger partial charge in [0, 0.05) is 11.6 Å². The number of hydrogen-bond acceptors (Lipinski definition) is 3. The lowest BCUT2D eigenvalue weighted by atomic mass is 10.2. The van der Waals surface area contributed by atoms with Crippen LogP contribution in [0.25, 0.3) is 0 Å². The molecule has 154 valence electrons. The molecule has 10 heteroatoms. The van der Waals surface area contributed by atoms with Crippen molar-refractivity contribution in [3.8, 4) is 0 Å². The number of pyridine rings is 1. The van der Waals surface area contributed by atoms with E-state index in [0.717, 1.165) is 24.4 Å². The predicted molar refractivity (Wildman–Crippen MR) is 95.5 cm³/mol. The number of anilines is 1. The largest absolute Gasteiger partial charge is 0.419 e. The summed E-state index contributed by atoms with van der Waals surface area (Å²) in [6, 6.07) is 7.35. The highest BCUT2D eigenvalue weighted by atomic mass is 19.4. The summed E-state index contributed by atoms with van der Waals surface area (Å²) in [6.07, 6.45) is -3.49. The van der Waals surface area contributed by atoms with Crippen molar-refractivity contribution in [2.45, 2.75) is 6.18 Å². The number of benzene rings is 1. The van der Waals surface area contributed by atoms with Crippen molar-refractivity contribution < 1.29 is 32.1 Å². The van der Waals surface area contributed by atoms with Crippen molar-refractivity contribution in [3.63, 3.8) is 0 Å². The molecule has 2 amide bonds. The van der Waals surface area contributed by atoms with Crippen LogP contribution in [-0.4, -0.2) is 49.4 Å². The number of amides is 2. The highest BCUT2D eigenvalue weighted by molar-refractivity contribution is 5.96. The molecule has 0 unspecified atom stereocenters. The summed E-state index contributed by atoms with van der Waals surface area (Å²) in [5.74, 6) is -0.664. The number of carbonyl (C=O) groups is 2. The van der Waals surface area contributed by atoms with Crippen LogP contribution in [0, 0.1) is 5.82 Å². The second-order valence-corrected chi connectivity index (χ2v) is 6.52. The number of H-pyrrole nitrogens is 1. The highest BCUT2D eigenvalue weighted by Crippen LogP contribution is 2.28. The number of hydrogen-bond donors (Lipinski definition) is 1. The van der Waals surface area contributed by atoms with Gasteiger partial charge in [-0.1, -0.05) is 0 Å². The Labute approximate surface area is 164 Å². The second-order valence-electron chi connectivity index (χ2n) is 6.52. The minimum Gasteiger partial charge on any atom is -0.343 e. The highest BCUT2D eigenvalue weighted by Gasteiger charge is 2.33. The van der Waals surface area contributed by atoms with Crippen LogP contribution < -0.4 is 15.2 Å². The van der Waals surface area contributed by atoms with E-state index in [0.29, 0.717) is 32.0 Å². The van der Waals surface area contributed by atoms with E-state index in [1.807, 2.05) is 4.90 Å². The Morgan fingerprint density at radius 1 is 1.00 bits per heavy atom. The van der Waals surface area contributed by atoms with E-state index in [2.05, 4.69) is 10.3 Å². The van der Waals surface area contributed by atoms with E-state index in [9.17, 15) is 27.2 Å². The van der Waals surface area contributed by atoms with Gasteiger partial charge in [0.15, 0.2) is 0 Å². The topological polar surface area (TPSA) is 66.8 Å². The van der Waals surface area contributed by atoms with Crippen molar-refractivity contribution in [2.75, 3.05) is 37.6 Å². The monoisotopic (exact) mass is 411 g/mol. The first kappa shape index (κ1) is 20.6. The van der Waals surface area contributed by atoms with Gasteiger partial charge in [0.1, 0.15) is 25.1 Å². The summed E-state index contributed by atoms with van der Waals surface area (Å²) in [5.41, 5.74) is -0.506. The molecule has 1 aliphatic heterocycles. The lowest BCUT2D eigenvalue weighted by molar-refractivity contribution is -0.367. The van der Waals surface area contributed by atoms with E-state index in [1.165, 1.54) is 18.2 Å². The van der Waals surface area contributed by atoms with Gasteiger partial charge in [-0.2, -0.15) is 13.2 Å². The third kappa shape index (κ3) is 5.21. The van der Waals surface area contributed by atoms with Crippen LogP contribution in [-0.2, 0) is 11.0 Å². The predicted octanol–water partition coefficient (Wildman–Crippen LogP) is 1.74. The number of aromatic amines is 1. The Morgan fingerprint density at radius 3 is 2.21 bits per heavy atom. The molecule has 0 saturated carbocycles. The number of carbonyl (C=O) groups excluding carboxylic acids is 2. The Balaban J connectivity index is 1.48. The maximum absolute atomic E-state index is 12.9. The zero-order chi connectivity index (χ0) is 21.0. The molecule has 0 radical (unpaired) electrons. The molecule has 1 aromatic carbocycles. The molecular weight excluding hydrogens is 392 g/mol. The van der Waals surface area contributed by atoms with Crippen LogP contribution in [0.4, 0.5) is 23.4 Å². The molecule has 0 aliphatic carbocycles. The van der Waals surface area contributed by atoms with Gasteiger partial charge in [-0.3, -0.25) is 14.5 Å². The van der Waals surface area contributed by atoms with E-state index >= 15 is 0 Å². The van der Waals surface area contributed by atoms with E-state index in [-0.39, 0.29) is 18.0 Å². The molecule has 0 atom stereocenters. The molecule has 1 aliphatic rings. The molecule has 2 aromatic rings. The number of nitrogens with one attached hydrogen (secondary N) is 2. The lowest BCUT2D eigenvalue weighted by Crippen LogP contribution is -2.52. The normalized spacial score (nSPS) is 14.6. The standard InChI is InChI=1S/C19H18F4N4O2/c20-15-4-1-13(2-5-15)18(29)25-12-17(28)27-9-7-26(8-10-27)16-6-3-14(11-24-16)19(21,22)23/h1-6,11H,7-10,12H2,(H,25,29)/p+1. The minimum absolute atomic E-state index is 0.192. The Hall–Kier alpha value is -3.17. The Kier molecular flexibility index (Phi) is 6.00. The van der Waals surface area contributed by atoms with Gasteiger partial charge in [0.05, 0.1) is 25.2 Å². The van der Waals surface area contributed by atoms with Crippen LogP contribution >= 0.6 is 0 Å². The first-order chi connectivity index (χ1) is 13.7. The molecule has 2 N–H and O–H groups in total. The van der Waals surface area contributed by atoms with Crippen LogP contribution in [0.5, 0.6) is 0 Å². The smallest absolute Gasteiger partial charge is 0.343 e. The third-order valence-corrected chi connectivity index (χ3v) is 4.60. The molecule has 1 saturated heterocycles. The van der Waals surface area contributed by atoms with Gasteiger partial charge in [0.2, 0.25) is 5.91 Å². The van der Waals surface area contributed by atoms with E-state index in [1.54, 1.807) is 4.90 Å². The fourth-order valence-corrected chi connectivity index (χ4v) is 2.96. The zero-order valence-electron chi connectivity index (χ0n) is 15.3. The molecule has 1 fully saturated rings. The quantitative estimate of drug-likeness (QED) is 0.780. The van der Waals surface area contributed by atoms with Crippen molar-refractivity contribution in [1.82, 2.24) is 10.2 Å². The van der Waals surface area contributed by atoms with Crippen molar-refractivity contribution in [1.29, 1.82) is 0 Å². The number of rotatable bonds is 4. The van der Waals surface area contributed by atoms with E-state index < -0.39 is 23.5 Å². The van der Waals surface area contributed by atoms with Crippen LogP contribution in [0.2, 0.25) is 0 Å². The van der Waals surface area contributed by atoms with Gasteiger partial charge >= 0.3 is 6.18 Å². The summed E-state index contributed by atoms with van der Waals surface area (Å²) in [4.78, 5) is 30.3. The van der Waals surface area contributed by atoms with Crippen LogP contribution in [0.1, 0.15) is 15.9 Å². The Bertz CT molecular complexity index is 861. The van der Waals surface area contributed by atoms with Gasteiger partial charge < -0.3 is 10.2 Å². The van der Waals surface area contributed by atoms with Crippen molar-refractivity contribution in [3.05, 3.63) is 59.5 Å². The van der Waals surface area contributed by atoms with Gasteiger partial charge in [-0.25, -0.2) is 9.37 Å². The third-order valence-electron chi connectivity index (χ3n) is 4.60. The minimum atomic E-state index is -4.40. The average Bonchev–Trinajstić information content (AvgIpc) is 2.72. The molecule has 2 heterocycles. The molecular formula is C19H19F4N4O2+. The van der Waals surface area contributed by atoms with Crippen molar-refractivity contribution in [2.24, 2.45) is 0 Å². The summed E-state index contributed by atoms with van der Waals surface area (Å²) in [7, 11) is 0. The summed E-state index contributed by atoms with van der Waals surface area (Å²) in [6.45, 7) is 1.45. The first-order valence-electron chi connectivity index (χ1n) is 8.89. The van der Waals surface area contributed by atoms with Crippen LogP contribution in [0.15, 0.2) is 42.6 Å². The number of piperazine rings is 1. The molecule has 0 spiro atoms. The van der Waals surface area contributed by atoms with Gasteiger partial charge in [-0.05, 0) is 30.3 Å². The lowest BCUT2D eigenvalue weighted by Gasteiger charge is -2.31. The molecule has 0 bridgehead atoms. The average molecular weight is 411 g/mol. The first-order valence-corrected chi connectivity index (χ1v) is 8.89. The zero-order valence-corrected chi connectivity index (χ0v) is 15.3. The van der Waals surface area contributed by atoms with Gasteiger partial charge in [0.25, 0.3) is 11.7 Å². The van der Waals surface area contributed by atoms with Crippen LogP contribution in [0.3, 0.4) is 0 Å². The maximum Gasteiger partial charge on any atom is 0.419 e. The Morgan fingerprint density at radius 2 is 1.66 bits per heavy atom.